The van der Waals surface area contributed by atoms with Gasteiger partial charge in [-0.3, -0.25) is 19.9 Å². The summed E-state index contributed by atoms with van der Waals surface area (Å²) in [6.07, 6.45) is 1.28. The highest BCUT2D eigenvalue weighted by Crippen LogP contribution is 2.51. The van der Waals surface area contributed by atoms with Crippen LogP contribution in [0.15, 0.2) is 23.2 Å². The van der Waals surface area contributed by atoms with Gasteiger partial charge in [0.2, 0.25) is 0 Å². The minimum atomic E-state index is -1.05. The number of nitrogens with zero attached hydrogens (tertiary/aromatic N) is 3. The van der Waals surface area contributed by atoms with Crippen molar-refractivity contribution in [3.8, 4) is 5.75 Å². The smallest absolute Gasteiger partial charge is 0.327 e. The maximum Gasteiger partial charge on any atom is 0.327 e. The zero-order valence-electron chi connectivity index (χ0n) is 14.3. The third-order valence-electron chi connectivity index (χ3n) is 4.45. The van der Waals surface area contributed by atoms with Crippen LogP contribution in [-0.2, 0) is 9.59 Å². The average molecular weight is 379 g/mol. The summed E-state index contributed by atoms with van der Waals surface area (Å²) >= 11 is 1.37. The summed E-state index contributed by atoms with van der Waals surface area (Å²) in [6, 6.07) is 2.91. The van der Waals surface area contributed by atoms with E-state index in [2.05, 4.69) is 4.99 Å². The first kappa shape index (κ1) is 18.2. The summed E-state index contributed by atoms with van der Waals surface area (Å²) in [4.78, 5) is 40.2. The molecule has 3 atom stereocenters. The minimum absolute atomic E-state index is 0.0998. The molecule has 0 aromatic heterocycles. The lowest BCUT2D eigenvalue weighted by atomic mass is 9.96. The van der Waals surface area contributed by atoms with Crippen molar-refractivity contribution in [3.05, 3.63) is 33.9 Å². The zero-order valence-corrected chi connectivity index (χ0v) is 15.1. The van der Waals surface area contributed by atoms with Crippen molar-refractivity contribution in [2.75, 3.05) is 7.11 Å². The molecule has 0 bridgehead atoms. The summed E-state index contributed by atoms with van der Waals surface area (Å²) in [5, 5.41) is 20.3. The van der Waals surface area contributed by atoms with E-state index in [4.69, 9.17) is 4.74 Å². The van der Waals surface area contributed by atoms with Gasteiger partial charge in [-0.2, -0.15) is 0 Å². The average Bonchev–Trinajstić information content (AvgIpc) is 2.82. The molecule has 1 aromatic rings. The summed E-state index contributed by atoms with van der Waals surface area (Å²) < 4.78 is 4.36. The Morgan fingerprint density at radius 3 is 2.77 bits per heavy atom. The van der Waals surface area contributed by atoms with Gasteiger partial charge in [0.25, 0.3) is 5.91 Å². The maximum absolute atomic E-state index is 12.4. The van der Waals surface area contributed by atoms with E-state index >= 15 is 0 Å². The Kier molecular flexibility index (Phi) is 4.39. The number of hydrogen-bond acceptors (Lipinski definition) is 7. The Balaban J connectivity index is 1.87. The molecule has 1 N–H and O–H groups in total. The van der Waals surface area contributed by atoms with E-state index in [1.54, 1.807) is 19.9 Å². The number of aliphatic imine (C=N–C) groups is 1. The Morgan fingerprint density at radius 2 is 2.19 bits per heavy atom. The van der Waals surface area contributed by atoms with Crippen LogP contribution in [0.1, 0.15) is 19.4 Å². The van der Waals surface area contributed by atoms with Gasteiger partial charge in [-0.1, -0.05) is 6.07 Å². The van der Waals surface area contributed by atoms with Crippen LogP contribution < -0.4 is 4.74 Å². The van der Waals surface area contributed by atoms with Gasteiger partial charge in [-0.25, -0.2) is 4.79 Å². The Bertz CT molecular complexity index is 824. The maximum atomic E-state index is 12.4. The first-order chi connectivity index (χ1) is 12.2. The lowest BCUT2D eigenvalue weighted by Crippen LogP contribution is -2.64. The molecule has 138 valence electrons. The summed E-state index contributed by atoms with van der Waals surface area (Å²) in [5.41, 5.74) is -0.0113. The molecule has 26 heavy (non-hydrogen) atoms. The number of fused-ring (bicyclic) bond motifs is 1. The van der Waals surface area contributed by atoms with Crippen molar-refractivity contribution < 1.29 is 24.4 Å². The number of methoxy groups -OCH3 is 1. The van der Waals surface area contributed by atoms with Crippen LogP contribution in [0, 0.1) is 10.1 Å². The van der Waals surface area contributed by atoms with Crippen LogP contribution in [0.3, 0.4) is 0 Å². The number of aliphatic carboxylic acids is 1. The number of β-lactam (4-membered cyclic amide) rings is 1. The molecule has 0 unspecified atom stereocenters. The number of para-hydroxylation sites is 1. The molecular weight excluding hydrogens is 362 g/mol. The van der Waals surface area contributed by atoms with Gasteiger partial charge in [-0.05, 0) is 26.0 Å². The number of ether oxygens (including phenoxy) is 1. The normalized spacial score (nSPS) is 26.5. The first-order valence-electron chi connectivity index (χ1n) is 7.76. The third kappa shape index (κ3) is 2.70. The highest BCUT2D eigenvalue weighted by atomic mass is 32.2. The van der Waals surface area contributed by atoms with E-state index in [9.17, 15) is 24.8 Å². The lowest BCUT2D eigenvalue weighted by molar-refractivity contribution is -0.385. The van der Waals surface area contributed by atoms with Crippen molar-refractivity contribution in [2.45, 2.75) is 36.1 Å². The second-order valence-corrected chi connectivity index (χ2v) is 8.25. The molecule has 0 spiro atoms. The number of carbonyl (C=O) groups is 2. The molecule has 0 saturated carbocycles. The summed E-state index contributed by atoms with van der Waals surface area (Å²) in [6.45, 7) is 3.55. The lowest BCUT2D eigenvalue weighted by Gasteiger charge is -2.41. The number of nitro benzene ring substituents is 1. The number of thioether (sulfide) groups is 1. The number of amides is 1. The van der Waals surface area contributed by atoms with Crippen LogP contribution in [0.5, 0.6) is 5.75 Å². The van der Waals surface area contributed by atoms with Crippen molar-refractivity contribution in [1.82, 2.24) is 4.90 Å². The molecule has 2 aliphatic heterocycles. The molecule has 0 radical (unpaired) electrons. The molecule has 0 aliphatic carbocycles. The number of benzene rings is 1. The van der Waals surface area contributed by atoms with Crippen LogP contribution in [0.25, 0.3) is 0 Å². The fourth-order valence-corrected chi connectivity index (χ4v) is 4.91. The third-order valence-corrected chi connectivity index (χ3v) is 6.01. The van der Waals surface area contributed by atoms with Crippen molar-refractivity contribution in [3.63, 3.8) is 0 Å². The minimum Gasteiger partial charge on any atom is -0.490 e. The topological polar surface area (TPSA) is 122 Å². The zero-order chi connectivity index (χ0) is 19.2. The monoisotopic (exact) mass is 379 g/mol. The summed E-state index contributed by atoms with van der Waals surface area (Å²) in [7, 11) is 1.33. The highest BCUT2D eigenvalue weighted by molar-refractivity contribution is 8.01. The number of carboxylic acid groups (broad SMARTS) is 1. The van der Waals surface area contributed by atoms with Crippen LogP contribution in [0.2, 0.25) is 0 Å². The molecular formula is C16H17N3O6S. The van der Waals surface area contributed by atoms with E-state index in [1.165, 1.54) is 42.1 Å². The highest BCUT2D eigenvalue weighted by Gasteiger charge is 2.63. The van der Waals surface area contributed by atoms with Gasteiger partial charge >= 0.3 is 11.7 Å². The summed E-state index contributed by atoms with van der Waals surface area (Å²) in [5.74, 6) is -1.34. The number of nitro groups is 1. The molecule has 1 amide bonds. The van der Waals surface area contributed by atoms with Gasteiger partial charge in [-0.15, -0.1) is 11.8 Å². The predicted molar refractivity (Wildman–Crippen MR) is 94.8 cm³/mol. The van der Waals surface area contributed by atoms with Crippen LogP contribution >= 0.6 is 11.8 Å². The van der Waals surface area contributed by atoms with Crippen LogP contribution in [0.4, 0.5) is 5.69 Å². The molecule has 2 fully saturated rings. The number of carbonyl (C=O) groups excluding carboxylic acids is 1. The van der Waals surface area contributed by atoms with Gasteiger partial charge in [0.1, 0.15) is 11.4 Å². The van der Waals surface area contributed by atoms with Crippen LogP contribution in [-0.4, -0.2) is 62.3 Å². The molecule has 9 nitrogen and oxygen atoms in total. The second kappa shape index (κ2) is 6.27. The molecule has 2 saturated heterocycles. The Labute approximate surface area is 153 Å². The van der Waals surface area contributed by atoms with E-state index < -0.39 is 27.7 Å². The Morgan fingerprint density at radius 1 is 1.50 bits per heavy atom. The quantitative estimate of drug-likeness (QED) is 0.356. The standard InChI is InChI=1S/C16H17N3O6S/c1-16(2)12(15(21)22)18-13(20)10(14(18)26-16)17-7-8-5-4-6-9(25-3)11(8)19(23)24/h4-7,10,12,14H,1-3H3,(H,21,22)/t10-,12+,14-/m1/s1. The van der Waals surface area contributed by atoms with E-state index in [0.717, 1.165) is 0 Å². The van der Waals surface area contributed by atoms with E-state index in [-0.39, 0.29) is 28.3 Å². The number of carboxylic acids is 1. The molecule has 3 rings (SSSR count). The van der Waals surface area contributed by atoms with E-state index in [0.29, 0.717) is 0 Å². The van der Waals surface area contributed by atoms with Gasteiger partial charge in [0.15, 0.2) is 11.8 Å². The van der Waals surface area contributed by atoms with Crippen molar-refractivity contribution in [1.29, 1.82) is 0 Å². The van der Waals surface area contributed by atoms with Gasteiger partial charge in [0.05, 0.1) is 17.6 Å². The van der Waals surface area contributed by atoms with Gasteiger partial charge in [0, 0.05) is 11.0 Å². The van der Waals surface area contributed by atoms with E-state index in [1.807, 2.05) is 0 Å². The van der Waals surface area contributed by atoms with Crippen molar-refractivity contribution in [2.24, 2.45) is 4.99 Å². The SMILES string of the molecule is COc1cccc(C=N[C@@H]2C(=O)N3[C@@H]2SC(C)(C)[C@@H]3C(=O)O)c1[N+](=O)[O-]. The number of rotatable bonds is 5. The molecule has 1 aromatic carbocycles. The largest absolute Gasteiger partial charge is 0.490 e. The first-order valence-corrected chi connectivity index (χ1v) is 8.64. The molecule has 2 aliphatic rings. The fourth-order valence-electron chi connectivity index (χ4n) is 3.29. The Hall–Kier alpha value is -2.62. The van der Waals surface area contributed by atoms with Crippen molar-refractivity contribution >= 4 is 35.5 Å². The molecule has 10 heteroatoms. The predicted octanol–water partition coefficient (Wildman–Crippen LogP) is 1.54. The molecule has 2 heterocycles. The fraction of sp³-hybridized carbons (Fsp3) is 0.438. The second-order valence-electron chi connectivity index (χ2n) is 6.48. The van der Waals surface area contributed by atoms with Gasteiger partial charge < -0.3 is 14.7 Å². The number of hydrogen-bond donors (Lipinski definition) is 1.